The van der Waals surface area contributed by atoms with Gasteiger partial charge < -0.3 is 19.4 Å². The third-order valence-electron chi connectivity index (χ3n) is 5.42. The largest absolute Gasteiger partial charge is 0.454 e. The Balaban J connectivity index is 1.27. The third kappa shape index (κ3) is 2.66. The van der Waals surface area contributed by atoms with E-state index in [9.17, 15) is 0 Å². The zero-order valence-corrected chi connectivity index (χ0v) is 14.8. The summed E-state index contributed by atoms with van der Waals surface area (Å²) in [5.41, 5.74) is 3.39. The number of rotatable bonds is 3. The summed E-state index contributed by atoms with van der Waals surface area (Å²) in [6, 6.07) is 14.8. The van der Waals surface area contributed by atoms with Gasteiger partial charge >= 0.3 is 0 Å². The number of nitrogens with zero attached hydrogens (tertiary/aromatic N) is 3. The van der Waals surface area contributed by atoms with Crippen LogP contribution < -0.4 is 14.4 Å². The average molecular weight is 350 g/mol. The van der Waals surface area contributed by atoms with Gasteiger partial charge in [0.2, 0.25) is 12.7 Å². The van der Waals surface area contributed by atoms with Gasteiger partial charge in [-0.25, -0.2) is 4.98 Å². The number of benzene rings is 2. The third-order valence-corrected chi connectivity index (χ3v) is 5.42. The minimum absolute atomic E-state index is 0.323. The summed E-state index contributed by atoms with van der Waals surface area (Å²) in [5, 5.41) is 0. The molecule has 1 fully saturated rings. The van der Waals surface area contributed by atoms with Crippen molar-refractivity contribution in [3.05, 3.63) is 48.0 Å². The minimum Gasteiger partial charge on any atom is -0.454 e. The van der Waals surface area contributed by atoms with Crippen molar-refractivity contribution in [2.75, 3.05) is 37.9 Å². The Kier molecular flexibility index (Phi) is 3.71. The van der Waals surface area contributed by atoms with E-state index in [4.69, 9.17) is 14.5 Å². The second-order valence-corrected chi connectivity index (χ2v) is 6.89. The maximum atomic E-state index is 5.52. The van der Waals surface area contributed by atoms with Crippen LogP contribution in [0, 0.1) is 0 Å². The van der Waals surface area contributed by atoms with Gasteiger partial charge in [-0.1, -0.05) is 18.2 Å². The summed E-state index contributed by atoms with van der Waals surface area (Å²) in [6.45, 7) is 6.53. The fourth-order valence-corrected chi connectivity index (χ4v) is 3.79. The van der Waals surface area contributed by atoms with Crippen molar-refractivity contribution in [1.29, 1.82) is 0 Å². The fourth-order valence-electron chi connectivity index (χ4n) is 3.79. The van der Waals surface area contributed by atoms with Crippen molar-refractivity contribution in [3.63, 3.8) is 0 Å². The lowest BCUT2D eigenvalue weighted by molar-refractivity contribution is 0.173. The van der Waals surface area contributed by atoms with Crippen LogP contribution in [0.3, 0.4) is 0 Å². The highest BCUT2D eigenvalue weighted by molar-refractivity contribution is 5.77. The highest BCUT2D eigenvalue weighted by atomic mass is 16.7. The van der Waals surface area contributed by atoms with Crippen molar-refractivity contribution >= 4 is 17.0 Å². The predicted molar refractivity (Wildman–Crippen MR) is 101 cm³/mol. The van der Waals surface area contributed by atoms with Gasteiger partial charge in [-0.15, -0.1) is 0 Å². The van der Waals surface area contributed by atoms with Gasteiger partial charge in [0.05, 0.1) is 11.0 Å². The SMILES string of the molecule is C[C@@H](c1ccc2c(c1)OCO2)N1CCN(c2nc3ccccc3[nH]2)CC1. The number of anilines is 1. The fraction of sp³-hybridized carbons (Fsp3) is 0.350. The molecule has 134 valence electrons. The van der Waals surface area contributed by atoms with E-state index < -0.39 is 0 Å². The summed E-state index contributed by atoms with van der Waals surface area (Å²) in [7, 11) is 0. The monoisotopic (exact) mass is 350 g/mol. The molecule has 6 heteroatoms. The van der Waals surface area contributed by atoms with E-state index in [0.29, 0.717) is 12.8 Å². The molecule has 0 spiro atoms. The topological polar surface area (TPSA) is 53.6 Å². The van der Waals surface area contributed by atoms with E-state index in [1.54, 1.807) is 0 Å². The molecular weight excluding hydrogens is 328 g/mol. The molecule has 0 radical (unpaired) electrons. The molecule has 0 bridgehead atoms. The summed E-state index contributed by atoms with van der Waals surface area (Å²) in [4.78, 5) is 13.0. The average Bonchev–Trinajstić information content (AvgIpc) is 3.33. The molecule has 2 aliphatic rings. The number of hydrogen-bond donors (Lipinski definition) is 1. The van der Waals surface area contributed by atoms with Gasteiger partial charge in [-0.05, 0) is 36.8 Å². The Hall–Kier alpha value is -2.73. The number of ether oxygens (including phenoxy) is 2. The number of aromatic nitrogens is 2. The maximum absolute atomic E-state index is 5.52. The highest BCUT2D eigenvalue weighted by Crippen LogP contribution is 2.35. The molecule has 1 atom stereocenters. The number of hydrogen-bond acceptors (Lipinski definition) is 5. The number of piperazine rings is 1. The second-order valence-electron chi connectivity index (χ2n) is 6.89. The first-order valence-corrected chi connectivity index (χ1v) is 9.11. The first-order chi connectivity index (χ1) is 12.8. The highest BCUT2D eigenvalue weighted by Gasteiger charge is 2.25. The van der Waals surface area contributed by atoms with Crippen LogP contribution in [0.5, 0.6) is 11.5 Å². The van der Waals surface area contributed by atoms with Crippen molar-refractivity contribution in [2.45, 2.75) is 13.0 Å². The predicted octanol–water partition coefficient (Wildman–Crippen LogP) is 3.17. The van der Waals surface area contributed by atoms with Crippen LogP contribution in [0.25, 0.3) is 11.0 Å². The van der Waals surface area contributed by atoms with Gasteiger partial charge in [0.25, 0.3) is 0 Å². The lowest BCUT2D eigenvalue weighted by atomic mass is 10.1. The van der Waals surface area contributed by atoms with Gasteiger partial charge in [0.15, 0.2) is 11.5 Å². The van der Waals surface area contributed by atoms with E-state index in [0.717, 1.165) is 54.7 Å². The first-order valence-electron chi connectivity index (χ1n) is 9.11. The van der Waals surface area contributed by atoms with Crippen LogP contribution in [0.15, 0.2) is 42.5 Å². The standard InChI is InChI=1S/C20H22N4O2/c1-14(15-6-7-18-19(12-15)26-13-25-18)23-8-10-24(11-9-23)20-21-16-4-2-3-5-17(16)22-20/h2-7,12,14H,8-11,13H2,1H3,(H,21,22)/t14-/m0/s1. The Labute approximate surface area is 152 Å². The molecule has 6 nitrogen and oxygen atoms in total. The first kappa shape index (κ1) is 15.5. The number of imidazole rings is 1. The van der Waals surface area contributed by atoms with Crippen molar-refractivity contribution < 1.29 is 9.47 Å². The zero-order chi connectivity index (χ0) is 17.5. The van der Waals surface area contributed by atoms with E-state index in [1.165, 1.54) is 5.56 Å². The minimum atomic E-state index is 0.323. The van der Waals surface area contributed by atoms with Gasteiger partial charge in [-0.2, -0.15) is 0 Å². The number of fused-ring (bicyclic) bond motifs is 2. The Morgan fingerprint density at radius 1 is 1.00 bits per heavy atom. The van der Waals surface area contributed by atoms with Crippen LogP contribution >= 0.6 is 0 Å². The molecule has 1 N–H and O–H groups in total. The molecule has 2 aliphatic heterocycles. The zero-order valence-electron chi connectivity index (χ0n) is 14.8. The smallest absolute Gasteiger partial charge is 0.231 e. The van der Waals surface area contributed by atoms with Crippen molar-refractivity contribution in [3.8, 4) is 11.5 Å². The Bertz CT molecular complexity index is 897. The Morgan fingerprint density at radius 2 is 1.81 bits per heavy atom. The summed E-state index contributed by atoms with van der Waals surface area (Å²) in [5.74, 6) is 2.67. The molecule has 26 heavy (non-hydrogen) atoms. The molecule has 5 rings (SSSR count). The molecule has 1 aromatic heterocycles. The summed E-state index contributed by atoms with van der Waals surface area (Å²) >= 11 is 0. The summed E-state index contributed by atoms with van der Waals surface area (Å²) in [6.07, 6.45) is 0. The van der Waals surface area contributed by atoms with E-state index in [-0.39, 0.29) is 0 Å². The summed E-state index contributed by atoms with van der Waals surface area (Å²) < 4.78 is 10.9. The number of para-hydroxylation sites is 2. The molecule has 0 saturated carbocycles. The molecule has 3 heterocycles. The van der Waals surface area contributed by atoms with Gasteiger partial charge in [0.1, 0.15) is 0 Å². The van der Waals surface area contributed by atoms with E-state index in [2.05, 4.69) is 39.9 Å². The Morgan fingerprint density at radius 3 is 2.65 bits per heavy atom. The van der Waals surface area contributed by atoms with Crippen LogP contribution in [0.2, 0.25) is 0 Å². The van der Waals surface area contributed by atoms with Crippen molar-refractivity contribution in [1.82, 2.24) is 14.9 Å². The van der Waals surface area contributed by atoms with Crippen LogP contribution in [0.4, 0.5) is 5.95 Å². The van der Waals surface area contributed by atoms with Crippen LogP contribution in [-0.4, -0.2) is 47.8 Å². The molecule has 3 aromatic rings. The molecular formula is C20H22N4O2. The number of H-pyrrole nitrogens is 1. The normalized spacial score (nSPS) is 18.4. The molecule has 0 aliphatic carbocycles. The lowest BCUT2D eigenvalue weighted by Gasteiger charge is -2.38. The molecule has 1 saturated heterocycles. The van der Waals surface area contributed by atoms with Gasteiger partial charge in [0, 0.05) is 32.2 Å². The quantitative estimate of drug-likeness (QED) is 0.786. The molecule has 0 amide bonds. The molecule has 2 aromatic carbocycles. The van der Waals surface area contributed by atoms with Crippen LogP contribution in [0.1, 0.15) is 18.5 Å². The number of nitrogens with one attached hydrogen (secondary N) is 1. The van der Waals surface area contributed by atoms with Crippen LogP contribution in [-0.2, 0) is 0 Å². The van der Waals surface area contributed by atoms with Crippen molar-refractivity contribution in [2.24, 2.45) is 0 Å². The van der Waals surface area contributed by atoms with E-state index >= 15 is 0 Å². The number of aromatic amines is 1. The lowest BCUT2D eigenvalue weighted by Crippen LogP contribution is -2.47. The van der Waals surface area contributed by atoms with Gasteiger partial charge in [-0.3, -0.25) is 4.90 Å². The second kappa shape index (κ2) is 6.21. The maximum Gasteiger partial charge on any atom is 0.231 e. The molecule has 0 unspecified atom stereocenters. The van der Waals surface area contributed by atoms with E-state index in [1.807, 2.05) is 24.3 Å².